The van der Waals surface area contributed by atoms with E-state index < -0.39 is 23.6 Å². The van der Waals surface area contributed by atoms with Gasteiger partial charge in [0.25, 0.3) is 11.8 Å². The number of ether oxygens (including phenoxy) is 2. The fourth-order valence-corrected chi connectivity index (χ4v) is 7.32. The summed E-state index contributed by atoms with van der Waals surface area (Å²) in [6.07, 6.45) is 4.96. The molecule has 5 aromatic heterocycles. The smallest absolute Gasteiger partial charge is 0.276 e. The second-order valence-electron chi connectivity index (χ2n) is 15.0. The van der Waals surface area contributed by atoms with Crippen LogP contribution >= 0.6 is 0 Å². The Bertz CT molecular complexity index is 2760. The zero-order valence-electron chi connectivity index (χ0n) is 36.1. The molecule has 0 atom stereocenters. The number of carbonyl (C=O) groups is 5. The van der Waals surface area contributed by atoms with Crippen LogP contribution in [0.5, 0.6) is 5.75 Å². The number of fused-ring (bicyclic) bond motifs is 2. The van der Waals surface area contributed by atoms with Crippen LogP contribution in [0.15, 0.2) is 48.7 Å². The largest absolute Gasteiger partial charge is 0.491 e. The van der Waals surface area contributed by atoms with Gasteiger partial charge in [0, 0.05) is 64.1 Å². The molecule has 6 heterocycles. The van der Waals surface area contributed by atoms with Gasteiger partial charge in [-0.1, -0.05) is 12.2 Å². The van der Waals surface area contributed by atoms with E-state index in [9.17, 15) is 24.0 Å². The highest BCUT2D eigenvalue weighted by atomic mass is 16.5. The zero-order chi connectivity index (χ0) is 45.5. The Kier molecular flexibility index (Phi) is 13.7. The number of allylic oxidation sites excluding steroid dienone is 2. The van der Waals surface area contributed by atoms with E-state index in [1.165, 1.54) is 24.4 Å². The molecule has 1 aliphatic heterocycles. The summed E-state index contributed by atoms with van der Waals surface area (Å²) in [6.45, 7) is 12.5. The monoisotopic (exact) mass is 877 g/mol. The molecule has 7 N–H and O–H groups in total. The van der Waals surface area contributed by atoms with Gasteiger partial charge < -0.3 is 30.8 Å². The molecule has 22 heteroatoms. The lowest BCUT2D eigenvalue weighted by Crippen LogP contribution is -2.41. The molecule has 1 aliphatic rings. The summed E-state index contributed by atoms with van der Waals surface area (Å²) in [5.74, 6) is -2.04. The van der Waals surface area contributed by atoms with Crippen molar-refractivity contribution in [3.05, 3.63) is 82.6 Å². The molecule has 0 saturated carbocycles. The maximum atomic E-state index is 13.8. The highest BCUT2D eigenvalue weighted by Crippen LogP contribution is 2.32. The number of pyridine rings is 1. The molecule has 1 fully saturated rings. The summed E-state index contributed by atoms with van der Waals surface area (Å²) in [4.78, 5) is 80.7. The van der Waals surface area contributed by atoms with Gasteiger partial charge in [-0.05, 0) is 58.0 Å². The molecule has 0 aliphatic carbocycles. The summed E-state index contributed by atoms with van der Waals surface area (Å²) in [7, 11) is 0. The van der Waals surface area contributed by atoms with E-state index >= 15 is 0 Å². The number of amides is 5. The molecule has 6 aromatic rings. The summed E-state index contributed by atoms with van der Waals surface area (Å²) in [5, 5.41) is 17.5. The predicted molar refractivity (Wildman–Crippen MR) is 235 cm³/mol. The molecule has 1 aromatic carbocycles. The molecule has 5 amide bonds. The van der Waals surface area contributed by atoms with Crippen LogP contribution in [0.4, 0.5) is 11.9 Å². The van der Waals surface area contributed by atoms with Gasteiger partial charge in [0.2, 0.25) is 29.6 Å². The predicted octanol–water partition coefficient (Wildman–Crippen LogP) is 2.01. The van der Waals surface area contributed by atoms with Gasteiger partial charge in [-0.2, -0.15) is 10.2 Å². The van der Waals surface area contributed by atoms with Crippen molar-refractivity contribution in [1.29, 1.82) is 0 Å². The number of morpholine rings is 1. The highest BCUT2D eigenvalue weighted by molar-refractivity contribution is 6.05. The number of aryl methyl sites for hydroxylation is 4. The van der Waals surface area contributed by atoms with Gasteiger partial charge >= 0.3 is 0 Å². The third kappa shape index (κ3) is 10.1. The number of benzene rings is 1. The number of carbonyl (C=O) groups excluding carboxylic acids is 5. The van der Waals surface area contributed by atoms with Gasteiger partial charge in [0.05, 0.1) is 48.7 Å². The van der Waals surface area contributed by atoms with Crippen LogP contribution < -0.4 is 32.2 Å². The number of primary amides is 2. The Labute approximate surface area is 366 Å². The lowest BCUT2D eigenvalue weighted by Gasteiger charge is -2.26. The van der Waals surface area contributed by atoms with Crippen molar-refractivity contribution in [2.45, 2.75) is 60.3 Å². The van der Waals surface area contributed by atoms with Crippen LogP contribution in [0.1, 0.15) is 73.3 Å². The molecule has 1 saturated heterocycles. The number of imidazole rings is 2. The SMILES string of the molecule is CCn1nc(C)cc1C(=O)Nc1nc2cc(C(N)=O)cnc2n1C/C=C/Cn1c(NC(=O)c2cc(C)nn2CC)nc2cc(C(N)=O)cc(OCCC(=O)NCCN3CCOCC3)c21. The average Bonchev–Trinajstić information content (AvgIpc) is 4.04. The quantitative estimate of drug-likeness (QED) is 0.0730. The second-order valence-corrected chi connectivity index (χ2v) is 15.0. The van der Waals surface area contributed by atoms with E-state index in [0.29, 0.717) is 84.4 Å². The minimum atomic E-state index is -0.726. The third-order valence-electron chi connectivity index (χ3n) is 10.5. The Hall–Kier alpha value is -7.46. The van der Waals surface area contributed by atoms with Crippen molar-refractivity contribution in [2.24, 2.45) is 11.5 Å². The molecule has 7 rings (SSSR count). The zero-order valence-corrected chi connectivity index (χ0v) is 36.1. The summed E-state index contributed by atoms with van der Waals surface area (Å²) in [6, 6.07) is 7.82. The van der Waals surface area contributed by atoms with Crippen LogP contribution in [-0.4, -0.2) is 124 Å². The number of hydrogen-bond donors (Lipinski definition) is 5. The van der Waals surface area contributed by atoms with E-state index in [2.05, 4.69) is 41.0 Å². The minimum Gasteiger partial charge on any atom is -0.491 e. The fourth-order valence-electron chi connectivity index (χ4n) is 7.32. The first kappa shape index (κ1) is 44.6. The molecule has 0 unspecified atom stereocenters. The summed E-state index contributed by atoms with van der Waals surface area (Å²) < 4.78 is 18.1. The molecule has 64 heavy (non-hydrogen) atoms. The van der Waals surface area contributed by atoms with Crippen molar-refractivity contribution in [3.8, 4) is 5.75 Å². The lowest BCUT2D eigenvalue weighted by molar-refractivity contribution is -0.121. The Morgan fingerprint density at radius 2 is 1.36 bits per heavy atom. The Balaban J connectivity index is 1.19. The first-order valence-corrected chi connectivity index (χ1v) is 20.9. The Morgan fingerprint density at radius 3 is 1.97 bits per heavy atom. The first-order valence-electron chi connectivity index (χ1n) is 20.9. The van der Waals surface area contributed by atoms with E-state index in [1.807, 2.05) is 13.8 Å². The number of nitrogens with one attached hydrogen (secondary N) is 3. The normalized spacial score (nSPS) is 13.2. The van der Waals surface area contributed by atoms with Crippen molar-refractivity contribution >= 4 is 63.6 Å². The second kappa shape index (κ2) is 19.7. The number of nitrogens with zero attached hydrogens (tertiary/aromatic N) is 10. The Morgan fingerprint density at radius 1 is 0.781 bits per heavy atom. The van der Waals surface area contributed by atoms with Crippen LogP contribution in [0.2, 0.25) is 0 Å². The van der Waals surface area contributed by atoms with Crippen LogP contribution in [-0.2, 0) is 35.7 Å². The molecule has 336 valence electrons. The molecule has 0 radical (unpaired) electrons. The fraction of sp³-hybridized carbons (Fsp3) is 0.381. The average molecular weight is 878 g/mol. The minimum absolute atomic E-state index is 0.0243. The molecule has 0 spiro atoms. The number of rotatable bonds is 19. The third-order valence-corrected chi connectivity index (χ3v) is 10.5. The number of hydrogen-bond acceptors (Lipinski definition) is 13. The maximum absolute atomic E-state index is 13.8. The van der Waals surface area contributed by atoms with E-state index in [4.69, 9.17) is 25.9 Å². The van der Waals surface area contributed by atoms with Gasteiger partial charge in [0.1, 0.15) is 28.2 Å². The van der Waals surface area contributed by atoms with E-state index in [0.717, 1.165) is 13.1 Å². The van der Waals surface area contributed by atoms with Crippen molar-refractivity contribution in [1.82, 2.24) is 53.9 Å². The van der Waals surface area contributed by atoms with Gasteiger partial charge in [-0.3, -0.25) is 53.4 Å². The van der Waals surface area contributed by atoms with E-state index in [-0.39, 0.29) is 60.8 Å². The molecule has 22 nitrogen and oxygen atoms in total. The van der Waals surface area contributed by atoms with Crippen molar-refractivity contribution in [2.75, 3.05) is 56.6 Å². The summed E-state index contributed by atoms with van der Waals surface area (Å²) >= 11 is 0. The van der Waals surface area contributed by atoms with Crippen molar-refractivity contribution in [3.63, 3.8) is 0 Å². The molecular formula is C42H51N15O7. The van der Waals surface area contributed by atoms with E-state index in [1.54, 1.807) is 56.6 Å². The highest BCUT2D eigenvalue weighted by Gasteiger charge is 2.23. The lowest BCUT2D eigenvalue weighted by atomic mass is 10.1. The number of anilines is 2. The topological polar surface area (TPSA) is 279 Å². The number of aromatic nitrogens is 9. The van der Waals surface area contributed by atoms with Gasteiger partial charge in [-0.25, -0.2) is 15.0 Å². The molecular weight excluding hydrogens is 827 g/mol. The maximum Gasteiger partial charge on any atom is 0.276 e. The van der Waals surface area contributed by atoms with Crippen LogP contribution in [0.3, 0.4) is 0 Å². The van der Waals surface area contributed by atoms with Gasteiger partial charge in [-0.15, -0.1) is 0 Å². The standard InChI is InChI=1S/C42H51N15O7/c1-5-56-31(19-25(3)51-56)39(61)49-41-47-29-21-27(36(43)59)23-33(64-16-9-34(58)45-10-13-53-14-17-63-18-15-53)35(29)54(41)11-7-8-12-55-38-30(22-28(24-46-38)37(44)60)48-42(55)50-40(62)32-20-26(4)52-57(32)6-2/h7-8,19-24H,5-6,9-18H2,1-4H3,(H2,43,59)(H2,44,60)(H,45,58)(H,47,49,61)(H,48,50,62)/b8-7+. The molecule has 0 bridgehead atoms. The summed E-state index contributed by atoms with van der Waals surface area (Å²) in [5.41, 5.74) is 14.9. The van der Waals surface area contributed by atoms with Crippen LogP contribution in [0, 0.1) is 13.8 Å². The van der Waals surface area contributed by atoms with Gasteiger partial charge in [0.15, 0.2) is 5.65 Å². The van der Waals surface area contributed by atoms with Crippen LogP contribution in [0.25, 0.3) is 22.2 Å². The first-order chi connectivity index (χ1) is 30.8. The van der Waals surface area contributed by atoms with Crippen molar-refractivity contribution < 1.29 is 33.4 Å². The number of nitrogens with two attached hydrogens (primary N) is 2.